The molecule has 3 aromatic carbocycles. The molecule has 5 rings (SSSR count). The number of aliphatic hydroxyl groups is 2. The van der Waals surface area contributed by atoms with Gasteiger partial charge in [-0.15, -0.1) is 0 Å². The van der Waals surface area contributed by atoms with Crippen LogP contribution < -0.4 is 19.3 Å². The lowest BCUT2D eigenvalue weighted by molar-refractivity contribution is -0.0583. The van der Waals surface area contributed by atoms with Gasteiger partial charge < -0.3 is 29.5 Å². The summed E-state index contributed by atoms with van der Waals surface area (Å²) in [5.74, 6) is 0.808. The van der Waals surface area contributed by atoms with Crippen molar-refractivity contribution in [3.8, 4) is 11.5 Å². The summed E-state index contributed by atoms with van der Waals surface area (Å²) in [5.41, 5.74) is 1.98. The van der Waals surface area contributed by atoms with Gasteiger partial charge in [-0.2, -0.15) is 0 Å². The van der Waals surface area contributed by atoms with Gasteiger partial charge in [-0.25, -0.2) is 8.78 Å². The molecule has 2 aliphatic heterocycles. The molecule has 43 heavy (non-hydrogen) atoms. The molecule has 0 aromatic heterocycles. The van der Waals surface area contributed by atoms with Gasteiger partial charge in [0.05, 0.1) is 25.4 Å². The molecule has 2 fully saturated rings. The van der Waals surface area contributed by atoms with E-state index in [9.17, 15) is 19.0 Å². The Balaban J connectivity index is 1.21. The fourth-order valence-corrected chi connectivity index (χ4v) is 6.66. The van der Waals surface area contributed by atoms with Gasteiger partial charge in [0.2, 0.25) is 0 Å². The van der Waals surface area contributed by atoms with Gasteiger partial charge in [-0.3, -0.25) is 0 Å². The average molecular weight is 595 g/mol. The van der Waals surface area contributed by atoms with Crippen LogP contribution in [0.1, 0.15) is 39.0 Å². The Morgan fingerprint density at radius 3 is 1.44 bits per heavy atom. The fraction of sp³-hybridized carbons (Fsp3) is 0.486. The first-order chi connectivity index (χ1) is 20.9. The zero-order chi connectivity index (χ0) is 30.2. The highest BCUT2D eigenvalue weighted by Gasteiger charge is 2.38. The van der Waals surface area contributed by atoms with Crippen molar-refractivity contribution in [2.45, 2.75) is 51.2 Å². The number of nitrogens with zero attached hydrogens (tertiary/aromatic N) is 2. The maximum Gasteiger partial charge on any atom is 0.123 e. The first-order valence-corrected chi connectivity index (χ1v) is 15.6. The first-order valence-electron chi connectivity index (χ1n) is 15.6. The van der Waals surface area contributed by atoms with Gasteiger partial charge in [0.15, 0.2) is 0 Å². The number of anilines is 2. The minimum atomic E-state index is -0.663. The molecule has 0 amide bonds. The van der Waals surface area contributed by atoms with Crippen LogP contribution in [-0.4, -0.2) is 61.8 Å². The zero-order valence-corrected chi connectivity index (χ0v) is 25.0. The number of ether oxygens (including phenoxy) is 2. The van der Waals surface area contributed by atoms with E-state index in [0.29, 0.717) is 19.6 Å². The number of aliphatic hydroxyl groups excluding tert-OH is 2. The summed E-state index contributed by atoms with van der Waals surface area (Å²) in [4.78, 5) is 4.46. The highest BCUT2D eigenvalue weighted by Crippen LogP contribution is 2.35. The Bertz CT molecular complexity index is 1170. The monoisotopic (exact) mass is 594 g/mol. The summed E-state index contributed by atoms with van der Waals surface area (Å²) in [6, 6.07) is 20.6. The molecule has 2 N–H and O–H groups in total. The molecule has 0 radical (unpaired) electrons. The number of benzene rings is 3. The Hall–Kier alpha value is -3.36. The fourth-order valence-electron chi connectivity index (χ4n) is 6.66. The SMILES string of the molecule is CCOc1ccc(OCCC(C(O)C2CCN(c3ccc(F)cc3)CC2)C(O)C2CCN(c3ccc(F)cc3)CC2)cc1. The van der Waals surface area contributed by atoms with Crippen LogP contribution in [0.4, 0.5) is 20.2 Å². The standard InChI is InChI=1S/C35H44F2N2O4/c1-2-42-31-11-13-32(14-12-31)43-24-19-33(34(40)25-15-20-38(21-16-25)29-7-3-27(36)4-8-29)35(41)26-17-22-39(23-18-26)30-9-5-28(37)6-10-30/h3-14,25-26,33-35,40-41H,2,15-24H2,1H3. The molecule has 2 aliphatic rings. The number of rotatable bonds is 12. The van der Waals surface area contributed by atoms with Crippen molar-refractivity contribution in [3.63, 3.8) is 0 Å². The van der Waals surface area contributed by atoms with E-state index in [1.54, 1.807) is 24.3 Å². The summed E-state index contributed by atoms with van der Waals surface area (Å²) in [6.07, 6.45) is 2.39. The van der Waals surface area contributed by atoms with Gasteiger partial charge in [-0.1, -0.05) is 0 Å². The summed E-state index contributed by atoms with van der Waals surface area (Å²) in [5, 5.41) is 23.5. The van der Waals surface area contributed by atoms with E-state index >= 15 is 0 Å². The van der Waals surface area contributed by atoms with Crippen LogP contribution in [-0.2, 0) is 0 Å². The molecule has 3 aromatic rings. The van der Waals surface area contributed by atoms with Crippen molar-refractivity contribution in [2.24, 2.45) is 17.8 Å². The molecule has 8 heteroatoms. The predicted molar refractivity (Wildman–Crippen MR) is 166 cm³/mol. The van der Waals surface area contributed by atoms with Gasteiger partial charge >= 0.3 is 0 Å². The molecule has 0 spiro atoms. The normalized spacial score (nSPS) is 18.7. The molecule has 0 bridgehead atoms. The third-order valence-corrected chi connectivity index (χ3v) is 9.16. The van der Waals surface area contributed by atoms with E-state index in [1.807, 2.05) is 31.2 Å². The lowest BCUT2D eigenvalue weighted by Gasteiger charge is -2.42. The second-order valence-corrected chi connectivity index (χ2v) is 11.8. The van der Waals surface area contributed by atoms with Crippen LogP contribution in [0, 0.1) is 29.4 Å². The Labute approximate surface area is 253 Å². The second kappa shape index (κ2) is 14.9. The Kier molecular flexibility index (Phi) is 10.8. The molecular weight excluding hydrogens is 550 g/mol. The number of hydrogen-bond donors (Lipinski definition) is 2. The summed E-state index contributed by atoms with van der Waals surface area (Å²) in [7, 11) is 0. The lowest BCUT2D eigenvalue weighted by Crippen LogP contribution is -2.47. The third kappa shape index (κ3) is 8.18. The largest absolute Gasteiger partial charge is 0.494 e. The molecule has 0 aliphatic carbocycles. The topological polar surface area (TPSA) is 65.4 Å². The summed E-state index contributed by atoms with van der Waals surface area (Å²) >= 11 is 0. The summed E-state index contributed by atoms with van der Waals surface area (Å²) < 4.78 is 38.4. The smallest absolute Gasteiger partial charge is 0.123 e. The lowest BCUT2D eigenvalue weighted by atomic mass is 9.75. The second-order valence-electron chi connectivity index (χ2n) is 11.8. The highest BCUT2D eigenvalue weighted by molar-refractivity contribution is 5.47. The quantitative estimate of drug-likeness (QED) is 0.257. The van der Waals surface area contributed by atoms with Gasteiger partial charge in [0.1, 0.15) is 23.1 Å². The molecule has 2 unspecified atom stereocenters. The van der Waals surface area contributed by atoms with E-state index in [2.05, 4.69) is 9.80 Å². The molecular formula is C35H44F2N2O4. The average Bonchev–Trinajstić information content (AvgIpc) is 3.04. The molecule has 2 atom stereocenters. The number of halogens is 2. The molecule has 0 saturated carbocycles. The van der Waals surface area contributed by atoms with Gasteiger partial charge in [0.25, 0.3) is 0 Å². The van der Waals surface area contributed by atoms with E-state index < -0.39 is 12.2 Å². The summed E-state index contributed by atoms with van der Waals surface area (Å²) in [6.45, 7) is 6.02. The minimum absolute atomic E-state index is 0.0566. The van der Waals surface area contributed by atoms with E-state index in [-0.39, 0.29) is 29.4 Å². The number of piperidine rings is 2. The van der Waals surface area contributed by atoms with Crippen molar-refractivity contribution in [1.82, 2.24) is 0 Å². The number of hydrogen-bond acceptors (Lipinski definition) is 6. The predicted octanol–water partition coefficient (Wildman–Crippen LogP) is 6.30. The van der Waals surface area contributed by atoms with Crippen LogP contribution in [0.5, 0.6) is 11.5 Å². The third-order valence-electron chi connectivity index (χ3n) is 9.16. The van der Waals surface area contributed by atoms with Crippen molar-refractivity contribution in [1.29, 1.82) is 0 Å². The van der Waals surface area contributed by atoms with Crippen LogP contribution in [0.2, 0.25) is 0 Å². The maximum atomic E-state index is 13.4. The van der Waals surface area contributed by atoms with E-state index in [4.69, 9.17) is 9.47 Å². The molecule has 6 nitrogen and oxygen atoms in total. The molecule has 2 heterocycles. The van der Waals surface area contributed by atoms with E-state index in [1.165, 1.54) is 24.3 Å². The van der Waals surface area contributed by atoms with Crippen molar-refractivity contribution in [3.05, 3.63) is 84.4 Å². The van der Waals surface area contributed by atoms with Crippen molar-refractivity contribution in [2.75, 3.05) is 49.2 Å². The molecule has 2 saturated heterocycles. The zero-order valence-electron chi connectivity index (χ0n) is 25.0. The van der Waals surface area contributed by atoms with E-state index in [0.717, 1.165) is 74.7 Å². The van der Waals surface area contributed by atoms with Crippen LogP contribution in [0.15, 0.2) is 72.8 Å². The molecule has 232 valence electrons. The highest BCUT2D eigenvalue weighted by atomic mass is 19.1. The minimum Gasteiger partial charge on any atom is -0.494 e. The maximum absolute atomic E-state index is 13.4. The van der Waals surface area contributed by atoms with Crippen molar-refractivity contribution >= 4 is 11.4 Å². The first kappa shape index (κ1) is 31.1. The van der Waals surface area contributed by atoms with Gasteiger partial charge in [-0.05, 0) is 124 Å². The van der Waals surface area contributed by atoms with Gasteiger partial charge in [0, 0.05) is 43.5 Å². The Morgan fingerprint density at radius 2 is 1.05 bits per heavy atom. The Morgan fingerprint density at radius 1 is 0.651 bits per heavy atom. The van der Waals surface area contributed by atoms with Crippen LogP contribution >= 0.6 is 0 Å². The van der Waals surface area contributed by atoms with Crippen molar-refractivity contribution < 1.29 is 28.5 Å². The van der Waals surface area contributed by atoms with Crippen LogP contribution in [0.25, 0.3) is 0 Å². The van der Waals surface area contributed by atoms with Crippen LogP contribution in [0.3, 0.4) is 0 Å².